The first-order chi connectivity index (χ1) is 11.0. The van der Waals surface area contributed by atoms with Crippen LogP contribution in [0.15, 0.2) is 24.3 Å². The summed E-state index contributed by atoms with van der Waals surface area (Å²) in [6.45, 7) is 0.851. The third-order valence-electron chi connectivity index (χ3n) is 3.64. The van der Waals surface area contributed by atoms with Crippen LogP contribution in [0.5, 0.6) is 11.5 Å². The smallest absolute Gasteiger partial charge is 0.151 e. The number of anilines is 1. The topological polar surface area (TPSA) is 56.5 Å². The van der Waals surface area contributed by atoms with Crippen LogP contribution in [0, 0.1) is 5.82 Å². The maximum absolute atomic E-state index is 14.0. The van der Waals surface area contributed by atoms with Gasteiger partial charge in [0.2, 0.25) is 0 Å². The standard InChI is InChI=1S/C16H15Cl2FN2O2/c1-22-9-4-12(17)15(13(18)5-9)11-2-8(19)3-14-16(11)23-10(6-20)7-21-14/h2-5,10,21H,6-7,20H2,1H3/t10-/m0/s1. The highest BCUT2D eigenvalue weighted by Gasteiger charge is 2.25. The zero-order chi connectivity index (χ0) is 16.6. The second kappa shape index (κ2) is 6.43. The van der Waals surface area contributed by atoms with Crippen molar-refractivity contribution in [1.82, 2.24) is 0 Å². The Kier molecular flexibility index (Phi) is 4.53. The fraction of sp³-hybridized carbons (Fsp3) is 0.250. The summed E-state index contributed by atoms with van der Waals surface area (Å²) >= 11 is 12.7. The number of ether oxygens (including phenoxy) is 2. The predicted molar refractivity (Wildman–Crippen MR) is 90.4 cm³/mol. The van der Waals surface area contributed by atoms with Crippen LogP contribution in [0.2, 0.25) is 10.0 Å². The van der Waals surface area contributed by atoms with Crippen LogP contribution in [0.25, 0.3) is 11.1 Å². The molecule has 7 heteroatoms. The van der Waals surface area contributed by atoms with Gasteiger partial charge in [-0.25, -0.2) is 4.39 Å². The largest absolute Gasteiger partial charge is 0.497 e. The number of halogens is 3. The zero-order valence-electron chi connectivity index (χ0n) is 12.3. The molecule has 3 N–H and O–H groups in total. The van der Waals surface area contributed by atoms with E-state index in [2.05, 4.69) is 5.32 Å². The van der Waals surface area contributed by atoms with Gasteiger partial charge in [0.05, 0.1) is 29.4 Å². The molecule has 23 heavy (non-hydrogen) atoms. The van der Waals surface area contributed by atoms with Gasteiger partial charge in [0, 0.05) is 23.7 Å². The van der Waals surface area contributed by atoms with Crippen LogP contribution in [0.1, 0.15) is 0 Å². The van der Waals surface area contributed by atoms with Gasteiger partial charge in [-0.05, 0) is 18.2 Å². The molecule has 1 aliphatic heterocycles. The van der Waals surface area contributed by atoms with Crippen molar-refractivity contribution in [2.75, 3.05) is 25.5 Å². The lowest BCUT2D eigenvalue weighted by Crippen LogP contribution is -2.37. The Morgan fingerprint density at radius 3 is 2.61 bits per heavy atom. The summed E-state index contributed by atoms with van der Waals surface area (Å²) in [5.41, 5.74) is 7.18. The molecule has 0 amide bonds. The summed E-state index contributed by atoms with van der Waals surface area (Å²) < 4.78 is 25.0. The van der Waals surface area contributed by atoms with E-state index in [9.17, 15) is 4.39 Å². The summed E-state index contributed by atoms with van der Waals surface area (Å²) in [6, 6.07) is 5.96. The highest BCUT2D eigenvalue weighted by Crippen LogP contribution is 2.46. The highest BCUT2D eigenvalue weighted by molar-refractivity contribution is 6.39. The Morgan fingerprint density at radius 1 is 1.30 bits per heavy atom. The summed E-state index contributed by atoms with van der Waals surface area (Å²) in [5, 5.41) is 3.82. The van der Waals surface area contributed by atoms with Crippen molar-refractivity contribution in [1.29, 1.82) is 0 Å². The van der Waals surface area contributed by atoms with Gasteiger partial charge in [-0.2, -0.15) is 0 Å². The second-order valence-corrected chi connectivity index (χ2v) is 5.97. The van der Waals surface area contributed by atoms with Gasteiger partial charge in [0.15, 0.2) is 5.75 Å². The van der Waals surface area contributed by atoms with Gasteiger partial charge in [-0.15, -0.1) is 0 Å². The summed E-state index contributed by atoms with van der Waals surface area (Å²) in [7, 11) is 1.52. The van der Waals surface area contributed by atoms with E-state index < -0.39 is 5.82 Å². The van der Waals surface area contributed by atoms with Gasteiger partial charge in [0.25, 0.3) is 0 Å². The maximum atomic E-state index is 14.0. The Bertz CT molecular complexity index is 732. The van der Waals surface area contributed by atoms with Crippen LogP contribution in [-0.2, 0) is 0 Å². The first kappa shape index (κ1) is 16.2. The van der Waals surface area contributed by atoms with E-state index >= 15 is 0 Å². The lowest BCUT2D eigenvalue weighted by Gasteiger charge is -2.29. The SMILES string of the molecule is COc1cc(Cl)c(-c2cc(F)cc3c2O[C@@H](CN)CN3)c(Cl)c1. The normalized spacial score (nSPS) is 16.3. The number of nitrogens with one attached hydrogen (secondary N) is 1. The summed E-state index contributed by atoms with van der Waals surface area (Å²) in [6.07, 6.45) is -0.206. The third-order valence-corrected chi connectivity index (χ3v) is 4.24. The van der Waals surface area contributed by atoms with Crippen LogP contribution < -0.4 is 20.5 Å². The number of nitrogens with two attached hydrogens (primary N) is 1. The third kappa shape index (κ3) is 3.04. The van der Waals surface area contributed by atoms with Crippen molar-refractivity contribution in [3.05, 3.63) is 40.1 Å². The van der Waals surface area contributed by atoms with Crippen LogP contribution in [0.4, 0.5) is 10.1 Å². The van der Waals surface area contributed by atoms with Crippen molar-refractivity contribution in [2.24, 2.45) is 5.73 Å². The first-order valence-corrected chi connectivity index (χ1v) is 7.76. The van der Waals surface area contributed by atoms with E-state index in [0.717, 1.165) is 0 Å². The molecule has 0 aromatic heterocycles. The molecule has 0 aliphatic carbocycles. The molecule has 2 aromatic rings. The fourth-order valence-corrected chi connectivity index (χ4v) is 3.20. The first-order valence-electron chi connectivity index (χ1n) is 7.01. The summed E-state index contributed by atoms with van der Waals surface area (Å²) in [5.74, 6) is 0.596. The van der Waals surface area contributed by atoms with Crippen molar-refractivity contribution < 1.29 is 13.9 Å². The van der Waals surface area contributed by atoms with Gasteiger partial charge in [0.1, 0.15) is 17.7 Å². The maximum Gasteiger partial charge on any atom is 0.151 e. The van der Waals surface area contributed by atoms with E-state index in [1.807, 2.05) is 0 Å². The molecule has 122 valence electrons. The zero-order valence-corrected chi connectivity index (χ0v) is 13.8. The van der Waals surface area contributed by atoms with E-state index in [0.29, 0.717) is 51.4 Å². The second-order valence-electron chi connectivity index (χ2n) is 5.15. The van der Waals surface area contributed by atoms with Gasteiger partial charge in [-0.1, -0.05) is 23.2 Å². The molecule has 1 aliphatic rings. The lowest BCUT2D eigenvalue weighted by atomic mass is 10.0. The molecule has 0 radical (unpaired) electrons. The Labute approximate surface area is 143 Å². The molecule has 0 unspecified atom stereocenters. The van der Waals surface area contributed by atoms with Crippen molar-refractivity contribution >= 4 is 28.9 Å². The molecule has 0 saturated heterocycles. The van der Waals surface area contributed by atoms with Crippen LogP contribution in [-0.4, -0.2) is 26.3 Å². The molecule has 0 spiro atoms. The van der Waals surface area contributed by atoms with Gasteiger partial charge in [-0.3, -0.25) is 0 Å². The number of fused-ring (bicyclic) bond motifs is 1. The molecule has 3 rings (SSSR count). The van der Waals surface area contributed by atoms with Gasteiger partial charge < -0.3 is 20.5 Å². The molecule has 0 bridgehead atoms. The number of hydrogen-bond donors (Lipinski definition) is 2. The fourth-order valence-electron chi connectivity index (χ4n) is 2.53. The van der Waals surface area contributed by atoms with Crippen molar-refractivity contribution in [3.8, 4) is 22.6 Å². The molecule has 0 fully saturated rings. The minimum absolute atomic E-state index is 0.206. The molecular weight excluding hydrogens is 342 g/mol. The molecule has 2 aromatic carbocycles. The minimum atomic E-state index is -0.413. The predicted octanol–water partition coefficient (Wildman–Crippen LogP) is 3.94. The number of rotatable bonds is 3. The summed E-state index contributed by atoms with van der Waals surface area (Å²) in [4.78, 5) is 0. The minimum Gasteiger partial charge on any atom is -0.497 e. The van der Waals surface area contributed by atoms with E-state index in [4.69, 9.17) is 38.4 Å². The Balaban J connectivity index is 2.19. The molecule has 1 atom stereocenters. The van der Waals surface area contributed by atoms with E-state index in [1.54, 1.807) is 12.1 Å². The number of hydrogen-bond acceptors (Lipinski definition) is 4. The monoisotopic (exact) mass is 356 g/mol. The molecule has 0 saturated carbocycles. The Hall–Kier alpha value is -1.69. The molecule has 1 heterocycles. The quantitative estimate of drug-likeness (QED) is 0.874. The Morgan fingerprint density at radius 2 is 2.00 bits per heavy atom. The van der Waals surface area contributed by atoms with Crippen LogP contribution in [0.3, 0.4) is 0 Å². The average molecular weight is 357 g/mol. The lowest BCUT2D eigenvalue weighted by molar-refractivity contribution is 0.215. The van der Waals surface area contributed by atoms with Crippen molar-refractivity contribution in [2.45, 2.75) is 6.10 Å². The van der Waals surface area contributed by atoms with E-state index in [-0.39, 0.29) is 6.10 Å². The number of benzene rings is 2. The van der Waals surface area contributed by atoms with E-state index in [1.165, 1.54) is 19.2 Å². The van der Waals surface area contributed by atoms with Gasteiger partial charge >= 0.3 is 0 Å². The molecule has 4 nitrogen and oxygen atoms in total. The van der Waals surface area contributed by atoms with Crippen molar-refractivity contribution in [3.63, 3.8) is 0 Å². The highest BCUT2D eigenvalue weighted by atomic mass is 35.5. The average Bonchev–Trinajstić information content (AvgIpc) is 2.53. The number of methoxy groups -OCH3 is 1. The van der Waals surface area contributed by atoms with Crippen LogP contribution >= 0.6 is 23.2 Å². The molecular formula is C16H15Cl2FN2O2.